The number of hydrogen-bond acceptors (Lipinski definition) is 3. The zero-order valence-corrected chi connectivity index (χ0v) is 12.0. The van der Waals surface area contributed by atoms with E-state index >= 15 is 0 Å². The molecule has 2 rings (SSSR count). The maximum absolute atomic E-state index is 12.4. The van der Waals surface area contributed by atoms with Crippen LogP contribution in [0.2, 0.25) is 0 Å². The van der Waals surface area contributed by atoms with Crippen molar-refractivity contribution in [2.45, 2.75) is 52.1 Å². The predicted octanol–water partition coefficient (Wildman–Crippen LogP) is 0.391. The van der Waals surface area contributed by atoms with E-state index in [1.54, 1.807) is 0 Å². The van der Waals surface area contributed by atoms with Gasteiger partial charge in [0.15, 0.2) is 0 Å². The van der Waals surface area contributed by atoms with Crippen LogP contribution in [-0.4, -0.2) is 30.4 Å². The number of carbonyl (C=O) groups excluding carboxylic acids is 2. The molecule has 19 heavy (non-hydrogen) atoms. The quantitative estimate of drug-likeness (QED) is 0.676. The summed E-state index contributed by atoms with van der Waals surface area (Å²) in [5.74, 6) is 0.396. The fourth-order valence-electron chi connectivity index (χ4n) is 3.33. The second-order valence-corrected chi connectivity index (χ2v) is 6.62. The van der Waals surface area contributed by atoms with Gasteiger partial charge in [0.05, 0.1) is 6.04 Å². The Morgan fingerprint density at radius 3 is 2.68 bits per heavy atom. The highest BCUT2D eigenvalue weighted by atomic mass is 16.2. The Bertz CT molecular complexity index is 381. The van der Waals surface area contributed by atoms with Crippen molar-refractivity contribution < 1.29 is 9.59 Å². The van der Waals surface area contributed by atoms with Crippen molar-refractivity contribution in [2.24, 2.45) is 23.0 Å². The molecule has 1 aliphatic carbocycles. The maximum atomic E-state index is 12.4. The number of nitrogens with one attached hydrogen (secondary N) is 2. The van der Waals surface area contributed by atoms with Gasteiger partial charge in [-0.25, -0.2) is 0 Å². The van der Waals surface area contributed by atoms with E-state index in [0.29, 0.717) is 18.9 Å². The number of rotatable bonds is 2. The molecule has 108 valence electrons. The number of nitrogens with two attached hydrogens (primary N) is 1. The van der Waals surface area contributed by atoms with Gasteiger partial charge in [-0.15, -0.1) is 0 Å². The largest absolute Gasteiger partial charge is 0.354 e. The van der Waals surface area contributed by atoms with Crippen molar-refractivity contribution in [2.75, 3.05) is 6.54 Å². The highest BCUT2D eigenvalue weighted by Crippen LogP contribution is 2.44. The Balaban J connectivity index is 2.00. The molecule has 0 bridgehead atoms. The van der Waals surface area contributed by atoms with Gasteiger partial charge in [0.2, 0.25) is 11.8 Å². The van der Waals surface area contributed by atoms with Gasteiger partial charge >= 0.3 is 0 Å². The number of hydrogen-bond donors (Lipinski definition) is 3. The van der Waals surface area contributed by atoms with E-state index in [9.17, 15) is 9.59 Å². The molecule has 5 nitrogen and oxygen atoms in total. The van der Waals surface area contributed by atoms with Crippen LogP contribution in [0.3, 0.4) is 0 Å². The van der Waals surface area contributed by atoms with Gasteiger partial charge in [0, 0.05) is 24.9 Å². The van der Waals surface area contributed by atoms with Crippen LogP contribution in [0.25, 0.3) is 0 Å². The first-order valence-electron chi connectivity index (χ1n) is 7.15. The van der Waals surface area contributed by atoms with Crippen LogP contribution in [0.15, 0.2) is 0 Å². The lowest BCUT2D eigenvalue weighted by Crippen LogP contribution is -2.53. The summed E-state index contributed by atoms with van der Waals surface area (Å²) < 4.78 is 0. The van der Waals surface area contributed by atoms with E-state index in [4.69, 9.17) is 5.73 Å². The SMILES string of the molecule is CC1C(N)CCC(C(=O)NC2CNC(=O)C2)C1(C)C. The lowest BCUT2D eigenvalue weighted by atomic mass is 9.61. The highest BCUT2D eigenvalue weighted by Gasteiger charge is 2.45. The first-order valence-corrected chi connectivity index (χ1v) is 7.15. The molecule has 4 N–H and O–H groups in total. The Morgan fingerprint density at radius 2 is 2.11 bits per heavy atom. The average Bonchev–Trinajstić information content (AvgIpc) is 2.71. The van der Waals surface area contributed by atoms with Gasteiger partial charge < -0.3 is 16.4 Å². The molecular weight excluding hydrogens is 242 g/mol. The molecule has 1 heterocycles. The minimum absolute atomic E-state index is 0.0157. The normalized spacial score (nSPS) is 37.8. The standard InChI is InChI=1S/C14H25N3O2/c1-8-11(15)5-4-10(14(8,2)3)13(19)17-9-6-12(18)16-7-9/h8-11H,4-7,15H2,1-3H3,(H,16,18)(H,17,19). The summed E-state index contributed by atoms with van der Waals surface area (Å²) in [6.07, 6.45) is 2.12. The summed E-state index contributed by atoms with van der Waals surface area (Å²) >= 11 is 0. The predicted molar refractivity (Wildman–Crippen MR) is 73.2 cm³/mol. The van der Waals surface area contributed by atoms with E-state index in [1.165, 1.54) is 0 Å². The van der Waals surface area contributed by atoms with Crippen molar-refractivity contribution >= 4 is 11.8 Å². The van der Waals surface area contributed by atoms with Gasteiger partial charge in [0.25, 0.3) is 0 Å². The van der Waals surface area contributed by atoms with Crippen LogP contribution in [0.1, 0.15) is 40.0 Å². The molecule has 4 atom stereocenters. The molecule has 0 aromatic carbocycles. The minimum atomic E-state index is -0.0994. The van der Waals surface area contributed by atoms with Crippen LogP contribution < -0.4 is 16.4 Å². The summed E-state index contributed by atoms with van der Waals surface area (Å²) in [6.45, 7) is 6.93. The number of amides is 2. The van der Waals surface area contributed by atoms with E-state index in [-0.39, 0.29) is 35.2 Å². The van der Waals surface area contributed by atoms with E-state index in [0.717, 1.165) is 12.8 Å². The third-order valence-corrected chi connectivity index (χ3v) is 5.14. The van der Waals surface area contributed by atoms with E-state index in [1.807, 2.05) is 0 Å². The zero-order valence-electron chi connectivity index (χ0n) is 12.0. The fourth-order valence-corrected chi connectivity index (χ4v) is 3.33. The van der Waals surface area contributed by atoms with Gasteiger partial charge in [-0.1, -0.05) is 20.8 Å². The van der Waals surface area contributed by atoms with Gasteiger partial charge in [-0.3, -0.25) is 9.59 Å². The third kappa shape index (κ3) is 2.76. The first kappa shape index (κ1) is 14.3. The van der Waals surface area contributed by atoms with Crippen LogP contribution in [-0.2, 0) is 9.59 Å². The van der Waals surface area contributed by atoms with E-state index in [2.05, 4.69) is 31.4 Å². The lowest BCUT2D eigenvalue weighted by molar-refractivity contribution is -0.133. The molecule has 1 saturated heterocycles. The Labute approximate surface area is 114 Å². The summed E-state index contributed by atoms with van der Waals surface area (Å²) in [5.41, 5.74) is 6.01. The van der Waals surface area contributed by atoms with Crippen molar-refractivity contribution in [1.29, 1.82) is 0 Å². The van der Waals surface area contributed by atoms with Crippen LogP contribution >= 0.6 is 0 Å². The average molecular weight is 267 g/mol. The summed E-state index contributed by atoms with van der Waals surface area (Å²) in [7, 11) is 0. The van der Waals surface area contributed by atoms with Crippen LogP contribution in [0, 0.1) is 17.3 Å². The summed E-state index contributed by atoms with van der Waals surface area (Å²) in [5, 5.41) is 5.75. The smallest absolute Gasteiger partial charge is 0.223 e. The van der Waals surface area contributed by atoms with E-state index < -0.39 is 0 Å². The molecule has 0 radical (unpaired) electrons. The molecule has 1 saturated carbocycles. The second kappa shape index (κ2) is 5.12. The van der Waals surface area contributed by atoms with Gasteiger partial charge in [-0.2, -0.15) is 0 Å². The molecule has 2 amide bonds. The monoisotopic (exact) mass is 267 g/mol. The molecule has 0 spiro atoms. The number of carbonyl (C=O) groups is 2. The summed E-state index contributed by atoms with van der Waals surface area (Å²) in [6, 6.07) is 0.121. The molecule has 0 aromatic rings. The Kier molecular flexibility index (Phi) is 3.85. The van der Waals surface area contributed by atoms with Crippen LogP contribution in [0.5, 0.6) is 0 Å². The highest BCUT2D eigenvalue weighted by molar-refractivity contribution is 5.83. The summed E-state index contributed by atoms with van der Waals surface area (Å²) in [4.78, 5) is 23.6. The maximum Gasteiger partial charge on any atom is 0.223 e. The van der Waals surface area contributed by atoms with Gasteiger partial charge in [0.1, 0.15) is 0 Å². The second-order valence-electron chi connectivity index (χ2n) is 6.62. The van der Waals surface area contributed by atoms with Crippen LogP contribution in [0.4, 0.5) is 0 Å². The lowest BCUT2D eigenvalue weighted by Gasteiger charge is -2.46. The molecule has 4 unspecified atom stereocenters. The minimum Gasteiger partial charge on any atom is -0.354 e. The molecule has 5 heteroatoms. The third-order valence-electron chi connectivity index (χ3n) is 5.14. The van der Waals surface area contributed by atoms with Crippen molar-refractivity contribution in [1.82, 2.24) is 10.6 Å². The topological polar surface area (TPSA) is 84.2 Å². The van der Waals surface area contributed by atoms with Crippen molar-refractivity contribution in [3.63, 3.8) is 0 Å². The Morgan fingerprint density at radius 1 is 1.42 bits per heavy atom. The van der Waals surface area contributed by atoms with Crippen molar-refractivity contribution in [3.05, 3.63) is 0 Å². The molecule has 2 aliphatic rings. The fraction of sp³-hybridized carbons (Fsp3) is 0.857. The molecular formula is C14H25N3O2. The first-order chi connectivity index (χ1) is 8.82. The van der Waals surface area contributed by atoms with Gasteiger partial charge in [-0.05, 0) is 24.2 Å². The molecule has 0 aromatic heterocycles. The van der Waals surface area contributed by atoms with Crippen molar-refractivity contribution in [3.8, 4) is 0 Å². The zero-order chi connectivity index (χ0) is 14.2. The Hall–Kier alpha value is -1.10. The molecule has 2 fully saturated rings. The molecule has 1 aliphatic heterocycles.